The molecule has 2 aromatic rings. The van der Waals surface area contributed by atoms with Crippen molar-refractivity contribution >= 4 is 28.4 Å². The number of carbonyl (C=O) groups excluding carboxylic acids is 1. The molecule has 6 nitrogen and oxygen atoms in total. The molecule has 1 heterocycles. The smallest absolute Gasteiger partial charge is 0.157 e. The molecule has 6 rings (SSSR count). The number of methoxy groups -OCH3 is 1. The van der Waals surface area contributed by atoms with Crippen LogP contribution in [0.1, 0.15) is 71.6 Å². The Labute approximate surface area is 219 Å². The van der Waals surface area contributed by atoms with E-state index in [0.717, 1.165) is 50.6 Å². The minimum absolute atomic E-state index is 0.0491. The lowest BCUT2D eigenvalue weighted by Gasteiger charge is -2.62. The monoisotopic (exact) mass is 513 g/mol. The summed E-state index contributed by atoms with van der Waals surface area (Å²) in [7, 11) is 1.85. The van der Waals surface area contributed by atoms with Crippen LogP contribution < -0.4 is 0 Å². The molecule has 0 radical (unpaired) electrons. The number of aliphatic hydroxyl groups is 1. The number of ether oxygens (including phenoxy) is 1. The molecule has 0 bridgehead atoms. The lowest BCUT2D eigenvalue weighted by atomic mass is 9.43. The maximum atomic E-state index is 13.8. The van der Waals surface area contributed by atoms with Crippen molar-refractivity contribution in [1.82, 2.24) is 15.0 Å². The SMILES string of the molecule is COCC12CCC(C)(O)CC1CCC1C3CCC(C(=O)Cn4nnc5c(Cl)cccc54)C3(C)CCC12. The first-order chi connectivity index (χ1) is 17.2. The van der Waals surface area contributed by atoms with Crippen LogP contribution >= 0.6 is 11.6 Å². The molecule has 4 fully saturated rings. The summed E-state index contributed by atoms with van der Waals surface area (Å²) < 4.78 is 7.63. The number of hydrogen-bond acceptors (Lipinski definition) is 5. The Morgan fingerprint density at radius 2 is 1.97 bits per heavy atom. The molecular formula is C29H40ClN3O3. The second-order valence-electron chi connectivity index (χ2n) is 13.0. The van der Waals surface area contributed by atoms with Gasteiger partial charge in [0.1, 0.15) is 12.1 Å². The zero-order valence-electron chi connectivity index (χ0n) is 21.9. The van der Waals surface area contributed by atoms with Crippen molar-refractivity contribution in [3.05, 3.63) is 23.2 Å². The van der Waals surface area contributed by atoms with Gasteiger partial charge in [-0.1, -0.05) is 29.8 Å². The molecule has 1 N–H and O–H groups in total. The van der Waals surface area contributed by atoms with Crippen LogP contribution in [0.4, 0.5) is 0 Å². The standard InChI is InChI=1S/C29H40ClN3O3/c1-27(35)13-14-29(17-36-3)18(15-27)7-8-19-20-9-10-22(28(20,2)12-11-21(19)29)25(34)16-33-24-6-4-5-23(30)26(24)31-32-33/h4-6,18-22,35H,7-17H2,1-3H3. The number of ketones is 1. The Balaban J connectivity index is 1.24. The third-order valence-electron chi connectivity index (χ3n) is 11.3. The van der Waals surface area contributed by atoms with Crippen LogP contribution in [0.25, 0.3) is 11.0 Å². The van der Waals surface area contributed by atoms with E-state index in [1.54, 1.807) is 4.68 Å². The lowest BCUT2D eigenvalue weighted by Crippen LogP contribution is -2.58. The predicted octanol–water partition coefficient (Wildman–Crippen LogP) is 5.69. The van der Waals surface area contributed by atoms with Crippen molar-refractivity contribution < 1.29 is 14.6 Å². The summed E-state index contributed by atoms with van der Waals surface area (Å²) in [6.45, 7) is 5.50. The summed E-state index contributed by atoms with van der Waals surface area (Å²) in [6, 6.07) is 5.64. The average molecular weight is 514 g/mol. The van der Waals surface area contributed by atoms with Gasteiger partial charge in [-0.15, -0.1) is 5.10 Å². The number of nitrogens with zero attached hydrogens (tertiary/aromatic N) is 3. The highest BCUT2D eigenvalue weighted by Gasteiger charge is 2.63. The Bertz CT molecular complexity index is 1160. The van der Waals surface area contributed by atoms with Crippen LogP contribution in [-0.4, -0.2) is 45.2 Å². The van der Waals surface area contributed by atoms with Crippen LogP contribution in [0, 0.1) is 40.4 Å². The molecule has 7 heteroatoms. The van der Waals surface area contributed by atoms with Crippen LogP contribution in [0.2, 0.25) is 5.02 Å². The fourth-order valence-electron chi connectivity index (χ4n) is 9.64. The van der Waals surface area contributed by atoms with E-state index in [4.69, 9.17) is 16.3 Å². The number of Topliss-reactive ketones (excluding diaryl/α,β-unsaturated/α-hetero) is 1. The van der Waals surface area contributed by atoms with E-state index < -0.39 is 5.60 Å². The van der Waals surface area contributed by atoms with Crippen LogP contribution in [0.3, 0.4) is 0 Å². The van der Waals surface area contributed by atoms with Gasteiger partial charge in [-0.2, -0.15) is 0 Å². The first kappa shape index (κ1) is 24.8. The van der Waals surface area contributed by atoms with Crippen molar-refractivity contribution in [2.75, 3.05) is 13.7 Å². The van der Waals surface area contributed by atoms with E-state index in [1.165, 1.54) is 19.3 Å². The number of rotatable bonds is 5. The first-order valence-electron chi connectivity index (χ1n) is 13.9. The molecule has 4 aliphatic rings. The Morgan fingerprint density at radius 3 is 2.78 bits per heavy atom. The van der Waals surface area contributed by atoms with E-state index >= 15 is 0 Å². The molecule has 8 atom stereocenters. The van der Waals surface area contributed by atoms with Gasteiger partial charge in [0.15, 0.2) is 5.78 Å². The van der Waals surface area contributed by atoms with Crippen molar-refractivity contribution in [3.8, 4) is 0 Å². The Hall–Kier alpha value is -1.50. The number of aromatic nitrogens is 3. The molecular weight excluding hydrogens is 474 g/mol. The molecule has 0 spiro atoms. The minimum Gasteiger partial charge on any atom is -0.390 e. The first-order valence-corrected chi connectivity index (χ1v) is 14.3. The second-order valence-corrected chi connectivity index (χ2v) is 13.4. The van der Waals surface area contributed by atoms with Gasteiger partial charge >= 0.3 is 0 Å². The average Bonchev–Trinajstić information content (AvgIpc) is 3.41. The second kappa shape index (κ2) is 8.78. The normalized spacial score (nSPS) is 42.1. The summed E-state index contributed by atoms with van der Waals surface area (Å²) in [5.74, 6) is 2.79. The van der Waals surface area contributed by atoms with Gasteiger partial charge in [-0.25, -0.2) is 4.68 Å². The summed E-state index contributed by atoms with van der Waals surface area (Å²) in [5.41, 5.74) is 1.18. The minimum atomic E-state index is -0.543. The number of fused-ring (bicyclic) bond motifs is 6. The van der Waals surface area contributed by atoms with Gasteiger partial charge in [0.25, 0.3) is 0 Å². The van der Waals surface area contributed by atoms with E-state index in [2.05, 4.69) is 17.2 Å². The number of benzene rings is 1. The zero-order chi connectivity index (χ0) is 25.3. The highest BCUT2D eigenvalue weighted by Crippen LogP contribution is 2.68. The maximum absolute atomic E-state index is 13.8. The third kappa shape index (κ3) is 3.69. The fraction of sp³-hybridized carbons (Fsp3) is 0.759. The molecule has 4 aliphatic carbocycles. The predicted molar refractivity (Wildman–Crippen MR) is 140 cm³/mol. The van der Waals surface area contributed by atoms with Crippen molar-refractivity contribution in [1.29, 1.82) is 0 Å². The largest absolute Gasteiger partial charge is 0.390 e. The highest BCUT2D eigenvalue weighted by atomic mass is 35.5. The molecule has 1 aromatic carbocycles. The highest BCUT2D eigenvalue weighted by molar-refractivity contribution is 6.34. The van der Waals surface area contributed by atoms with E-state index in [0.29, 0.717) is 40.0 Å². The quantitative estimate of drug-likeness (QED) is 0.555. The Kier molecular flexibility index (Phi) is 6.05. The van der Waals surface area contributed by atoms with Crippen LogP contribution in [0.15, 0.2) is 18.2 Å². The lowest BCUT2D eigenvalue weighted by molar-refractivity contribution is -0.175. The molecule has 1 aromatic heterocycles. The summed E-state index contributed by atoms with van der Waals surface area (Å²) in [5, 5.41) is 19.9. The fourth-order valence-corrected chi connectivity index (χ4v) is 9.85. The number of hydrogen-bond donors (Lipinski definition) is 1. The molecule has 0 aliphatic heterocycles. The summed E-state index contributed by atoms with van der Waals surface area (Å²) >= 11 is 6.29. The zero-order valence-corrected chi connectivity index (χ0v) is 22.6. The third-order valence-corrected chi connectivity index (χ3v) is 11.6. The van der Waals surface area contributed by atoms with Crippen LogP contribution in [-0.2, 0) is 16.1 Å². The van der Waals surface area contributed by atoms with Gasteiger partial charge in [-0.3, -0.25) is 4.79 Å². The van der Waals surface area contributed by atoms with Crippen molar-refractivity contribution in [2.24, 2.45) is 40.4 Å². The number of halogens is 1. The summed E-state index contributed by atoms with van der Waals surface area (Å²) in [6.07, 6.45) is 9.64. The van der Waals surface area contributed by atoms with Crippen molar-refractivity contribution in [2.45, 2.75) is 83.8 Å². The van der Waals surface area contributed by atoms with E-state index in [9.17, 15) is 9.90 Å². The van der Waals surface area contributed by atoms with E-state index in [-0.39, 0.29) is 23.3 Å². The number of carbonyl (C=O) groups is 1. The molecule has 4 saturated carbocycles. The molecule has 0 amide bonds. The molecule has 8 unspecified atom stereocenters. The van der Waals surface area contributed by atoms with Gasteiger partial charge in [-0.05, 0) is 111 Å². The van der Waals surface area contributed by atoms with Gasteiger partial charge in [0.05, 0.1) is 22.7 Å². The Morgan fingerprint density at radius 1 is 1.14 bits per heavy atom. The van der Waals surface area contributed by atoms with Crippen LogP contribution in [0.5, 0.6) is 0 Å². The maximum Gasteiger partial charge on any atom is 0.157 e. The molecule has 36 heavy (non-hydrogen) atoms. The van der Waals surface area contributed by atoms with Gasteiger partial charge in [0, 0.05) is 13.0 Å². The van der Waals surface area contributed by atoms with E-state index in [1.807, 2.05) is 32.2 Å². The topological polar surface area (TPSA) is 77.2 Å². The molecule has 0 saturated heterocycles. The summed E-state index contributed by atoms with van der Waals surface area (Å²) in [4.78, 5) is 13.8. The molecule has 196 valence electrons. The van der Waals surface area contributed by atoms with Gasteiger partial charge < -0.3 is 9.84 Å². The van der Waals surface area contributed by atoms with Crippen molar-refractivity contribution in [3.63, 3.8) is 0 Å². The van der Waals surface area contributed by atoms with Gasteiger partial charge in [0.2, 0.25) is 0 Å².